The maximum Gasteiger partial charge on any atom is 0.225 e. The molecule has 4 nitrogen and oxygen atoms in total. The lowest BCUT2D eigenvalue weighted by Crippen LogP contribution is -2.48. The summed E-state index contributed by atoms with van der Waals surface area (Å²) in [6, 6.07) is 8.31. The van der Waals surface area contributed by atoms with Crippen molar-refractivity contribution in [3.8, 4) is 11.3 Å². The highest BCUT2D eigenvalue weighted by Gasteiger charge is 2.19. The zero-order chi connectivity index (χ0) is 15.5. The van der Waals surface area contributed by atoms with Crippen molar-refractivity contribution in [1.82, 2.24) is 15.6 Å². The van der Waals surface area contributed by atoms with Crippen LogP contribution in [0.3, 0.4) is 0 Å². The van der Waals surface area contributed by atoms with Crippen molar-refractivity contribution in [2.24, 2.45) is 5.92 Å². The number of benzene rings is 1. The highest BCUT2D eigenvalue weighted by Crippen LogP contribution is 2.28. The van der Waals surface area contributed by atoms with Crippen LogP contribution in [0.2, 0.25) is 0 Å². The van der Waals surface area contributed by atoms with Gasteiger partial charge in [0.25, 0.3) is 0 Å². The average molecular weight is 388 g/mol. The summed E-state index contributed by atoms with van der Waals surface area (Å²) in [5.74, 6) is 0.674. The number of thiazole rings is 1. The molecule has 0 radical (unpaired) electrons. The van der Waals surface area contributed by atoms with Gasteiger partial charge in [-0.25, -0.2) is 4.98 Å². The van der Waals surface area contributed by atoms with Crippen LogP contribution in [-0.4, -0.2) is 30.5 Å². The van der Waals surface area contributed by atoms with E-state index in [2.05, 4.69) is 46.8 Å². The van der Waals surface area contributed by atoms with Crippen LogP contribution in [0.4, 0.5) is 0 Å². The van der Waals surface area contributed by atoms with Gasteiger partial charge in [-0.1, -0.05) is 29.8 Å². The number of carbonyl (C=O) groups is 1. The van der Waals surface area contributed by atoms with Crippen molar-refractivity contribution in [3.63, 3.8) is 0 Å². The van der Waals surface area contributed by atoms with Crippen LogP contribution in [0.1, 0.15) is 15.4 Å². The SMILES string of the molecule is Cc1ccc(-c2nc(C)sc2CC(=O)NCC2CNC2)cc1.Cl.Cl. The molecule has 1 aliphatic rings. The first-order valence-corrected chi connectivity index (χ1v) is 8.44. The summed E-state index contributed by atoms with van der Waals surface area (Å²) in [6.45, 7) is 6.84. The van der Waals surface area contributed by atoms with E-state index in [4.69, 9.17) is 0 Å². The van der Waals surface area contributed by atoms with E-state index in [-0.39, 0.29) is 30.7 Å². The molecule has 2 aromatic rings. The molecule has 0 spiro atoms. The van der Waals surface area contributed by atoms with Crippen molar-refractivity contribution >= 4 is 42.1 Å². The second-order valence-electron chi connectivity index (χ2n) is 5.88. The molecule has 3 rings (SSSR count). The fourth-order valence-corrected chi connectivity index (χ4v) is 3.44. The van der Waals surface area contributed by atoms with E-state index in [1.54, 1.807) is 11.3 Å². The number of nitrogens with zero attached hydrogens (tertiary/aromatic N) is 1. The molecule has 2 N–H and O–H groups in total. The van der Waals surface area contributed by atoms with Gasteiger partial charge in [-0.3, -0.25) is 4.79 Å². The summed E-state index contributed by atoms with van der Waals surface area (Å²) in [7, 11) is 0. The Morgan fingerprint density at radius 1 is 1.25 bits per heavy atom. The van der Waals surface area contributed by atoms with Crippen molar-refractivity contribution in [2.75, 3.05) is 19.6 Å². The van der Waals surface area contributed by atoms with Crippen LogP contribution in [-0.2, 0) is 11.2 Å². The Morgan fingerprint density at radius 2 is 1.92 bits per heavy atom. The minimum atomic E-state index is 0. The van der Waals surface area contributed by atoms with Gasteiger partial charge >= 0.3 is 0 Å². The van der Waals surface area contributed by atoms with Crippen molar-refractivity contribution < 1.29 is 4.79 Å². The molecule has 0 atom stereocenters. The third-order valence-corrected chi connectivity index (χ3v) is 4.88. The number of nitrogens with one attached hydrogen (secondary N) is 2. The van der Waals surface area contributed by atoms with E-state index < -0.39 is 0 Å². The molecule has 1 aliphatic heterocycles. The van der Waals surface area contributed by atoms with Crippen LogP contribution in [0.15, 0.2) is 24.3 Å². The lowest BCUT2D eigenvalue weighted by Gasteiger charge is -2.27. The zero-order valence-electron chi connectivity index (χ0n) is 13.8. The lowest BCUT2D eigenvalue weighted by atomic mass is 10.0. The van der Waals surface area contributed by atoms with Crippen LogP contribution >= 0.6 is 36.2 Å². The molecule has 0 aliphatic carbocycles. The predicted octanol–water partition coefficient (Wildman–Crippen LogP) is 3.15. The van der Waals surface area contributed by atoms with Gasteiger partial charge in [-0.15, -0.1) is 36.2 Å². The monoisotopic (exact) mass is 387 g/mol. The quantitative estimate of drug-likeness (QED) is 0.828. The first-order valence-electron chi connectivity index (χ1n) is 7.62. The van der Waals surface area contributed by atoms with E-state index in [0.29, 0.717) is 12.3 Å². The number of halogens is 2. The van der Waals surface area contributed by atoms with Crippen molar-refractivity contribution in [1.29, 1.82) is 0 Å². The van der Waals surface area contributed by atoms with E-state index in [1.165, 1.54) is 5.56 Å². The number of carbonyl (C=O) groups excluding carboxylic acids is 1. The number of hydrogen-bond acceptors (Lipinski definition) is 4. The Kier molecular flexibility index (Phi) is 8.16. The third-order valence-electron chi connectivity index (χ3n) is 3.90. The first kappa shape index (κ1) is 20.9. The van der Waals surface area contributed by atoms with Crippen molar-refractivity contribution in [2.45, 2.75) is 20.3 Å². The van der Waals surface area contributed by atoms with Gasteiger partial charge in [0.2, 0.25) is 5.91 Å². The highest BCUT2D eigenvalue weighted by molar-refractivity contribution is 7.12. The molecule has 7 heteroatoms. The molecule has 1 fully saturated rings. The predicted molar refractivity (Wildman–Crippen MR) is 105 cm³/mol. The molecule has 0 bridgehead atoms. The number of amides is 1. The largest absolute Gasteiger partial charge is 0.355 e. The molecule has 0 saturated carbocycles. The lowest BCUT2D eigenvalue weighted by molar-refractivity contribution is -0.120. The summed E-state index contributed by atoms with van der Waals surface area (Å²) in [5, 5.41) is 7.25. The van der Waals surface area contributed by atoms with Crippen LogP contribution in [0, 0.1) is 19.8 Å². The number of rotatable bonds is 5. The number of aryl methyl sites for hydroxylation is 2. The third kappa shape index (κ3) is 5.18. The minimum Gasteiger partial charge on any atom is -0.355 e. The second kappa shape index (κ2) is 9.37. The summed E-state index contributed by atoms with van der Waals surface area (Å²) in [6.07, 6.45) is 0.412. The maximum atomic E-state index is 12.2. The fraction of sp³-hybridized carbons (Fsp3) is 0.412. The molecule has 132 valence electrons. The van der Waals surface area contributed by atoms with Crippen molar-refractivity contribution in [3.05, 3.63) is 39.7 Å². The standard InChI is InChI=1S/C17H21N3OS.2ClH/c1-11-3-5-14(6-4-11)17-15(22-12(2)20-17)7-16(21)19-10-13-8-18-9-13;;/h3-6,13,18H,7-10H2,1-2H3,(H,19,21);2*1H. The van der Waals surface area contributed by atoms with E-state index in [9.17, 15) is 4.79 Å². The molecular formula is C17H23Cl2N3OS. The fourth-order valence-electron chi connectivity index (χ4n) is 2.49. The average Bonchev–Trinajstić information content (AvgIpc) is 2.78. The molecule has 0 unspecified atom stereocenters. The number of hydrogen-bond donors (Lipinski definition) is 2. The van der Waals surface area contributed by atoms with Gasteiger partial charge in [-0.2, -0.15) is 0 Å². The summed E-state index contributed by atoms with van der Waals surface area (Å²) in [5.41, 5.74) is 3.26. The summed E-state index contributed by atoms with van der Waals surface area (Å²) >= 11 is 1.61. The highest BCUT2D eigenvalue weighted by atomic mass is 35.5. The molecule has 1 amide bonds. The summed E-state index contributed by atoms with van der Waals surface area (Å²) < 4.78 is 0. The van der Waals surface area contributed by atoms with E-state index in [0.717, 1.165) is 40.8 Å². The molecular weight excluding hydrogens is 365 g/mol. The maximum absolute atomic E-state index is 12.2. The first-order chi connectivity index (χ1) is 10.6. The van der Waals surface area contributed by atoms with Crippen LogP contribution < -0.4 is 10.6 Å². The Morgan fingerprint density at radius 3 is 2.50 bits per heavy atom. The topological polar surface area (TPSA) is 54.0 Å². The molecule has 2 heterocycles. The van der Waals surface area contributed by atoms with E-state index >= 15 is 0 Å². The molecule has 1 aromatic heterocycles. The van der Waals surface area contributed by atoms with Gasteiger partial charge in [0.05, 0.1) is 17.1 Å². The van der Waals surface area contributed by atoms with Crippen LogP contribution in [0.5, 0.6) is 0 Å². The molecule has 1 saturated heterocycles. The van der Waals surface area contributed by atoms with Gasteiger partial charge in [0, 0.05) is 36.0 Å². The Bertz CT molecular complexity index is 669. The zero-order valence-corrected chi connectivity index (χ0v) is 16.2. The van der Waals surface area contributed by atoms with Gasteiger partial charge in [0.15, 0.2) is 0 Å². The normalized spacial score (nSPS) is 13.4. The smallest absolute Gasteiger partial charge is 0.225 e. The Balaban J connectivity index is 0.00000144. The van der Waals surface area contributed by atoms with E-state index in [1.807, 2.05) is 6.92 Å². The summed E-state index contributed by atoms with van der Waals surface area (Å²) in [4.78, 5) is 17.8. The molecule has 1 aromatic carbocycles. The molecule has 24 heavy (non-hydrogen) atoms. The Hall–Kier alpha value is -1.14. The number of aromatic nitrogens is 1. The van der Waals surface area contributed by atoms with Gasteiger partial charge in [0.1, 0.15) is 0 Å². The van der Waals surface area contributed by atoms with Gasteiger partial charge in [-0.05, 0) is 13.8 Å². The van der Waals surface area contributed by atoms with Crippen LogP contribution in [0.25, 0.3) is 11.3 Å². The Labute approximate surface area is 159 Å². The second-order valence-corrected chi connectivity index (χ2v) is 7.16. The van der Waals surface area contributed by atoms with Gasteiger partial charge < -0.3 is 10.6 Å². The minimum absolute atomic E-state index is 0.